The summed E-state index contributed by atoms with van der Waals surface area (Å²) in [6.45, 7) is 12.2. The molecule has 0 saturated carbocycles. The summed E-state index contributed by atoms with van der Waals surface area (Å²) in [4.78, 5) is 9.32. The quantitative estimate of drug-likeness (QED) is 0.549. The molecular weight excluding hydrogens is 344 g/mol. The van der Waals surface area contributed by atoms with E-state index in [1.54, 1.807) is 11.3 Å². The minimum atomic E-state index is 0.278. The second kappa shape index (κ2) is 9.71. The zero-order valence-corrected chi connectivity index (χ0v) is 17.7. The van der Waals surface area contributed by atoms with E-state index in [1.807, 2.05) is 11.7 Å². The van der Waals surface area contributed by atoms with Gasteiger partial charge in [0, 0.05) is 43.7 Å². The van der Waals surface area contributed by atoms with Gasteiger partial charge in [0.25, 0.3) is 0 Å². The molecular formula is C19H32N6S. The fourth-order valence-electron chi connectivity index (χ4n) is 2.93. The second-order valence-electron chi connectivity index (χ2n) is 6.62. The van der Waals surface area contributed by atoms with Crippen molar-refractivity contribution in [2.75, 3.05) is 13.1 Å². The van der Waals surface area contributed by atoms with Crippen molar-refractivity contribution in [3.8, 4) is 0 Å². The van der Waals surface area contributed by atoms with Gasteiger partial charge < -0.3 is 10.6 Å². The number of rotatable bonds is 8. The van der Waals surface area contributed by atoms with E-state index in [0.29, 0.717) is 0 Å². The minimum absolute atomic E-state index is 0.278. The van der Waals surface area contributed by atoms with E-state index < -0.39 is 0 Å². The van der Waals surface area contributed by atoms with Crippen molar-refractivity contribution in [2.24, 2.45) is 12.0 Å². The Morgan fingerprint density at radius 1 is 1.35 bits per heavy atom. The first-order valence-corrected chi connectivity index (χ1v) is 10.3. The molecule has 0 aromatic carbocycles. The van der Waals surface area contributed by atoms with E-state index in [1.165, 1.54) is 16.3 Å². The molecule has 0 aliphatic carbocycles. The summed E-state index contributed by atoms with van der Waals surface area (Å²) in [6.07, 6.45) is 2.81. The van der Waals surface area contributed by atoms with Gasteiger partial charge in [0.2, 0.25) is 0 Å². The van der Waals surface area contributed by atoms with Gasteiger partial charge in [-0.25, -0.2) is 4.98 Å². The lowest BCUT2D eigenvalue weighted by Gasteiger charge is -2.18. The Morgan fingerprint density at radius 3 is 2.69 bits per heavy atom. The van der Waals surface area contributed by atoms with Crippen molar-refractivity contribution < 1.29 is 0 Å². The van der Waals surface area contributed by atoms with E-state index in [4.69, 9.17) is 4.99 Å². The van der Waals surface area contributed by atoms with Crippen molar-refractivity contribution in [3.05, 3.63) is 33.0 Å². The average Bonchev–Trinajstić information content (AvgIpc) is 3.15. The molecule has 0 spiro atoms. The third kappa shape index (κ3) is 5.56. The van der Waals surface area contributed by atoms with Crippen LogP contribution in [-0.4, -0.2) is 39.9 Å². The third-order valence-electron chi connectivity index (χ3n) is 4.44. The molecule has 7 heteroatoms. The number of aryl methyl sites for hydroxylation is 3. The van der Waals surface area contributed by atoms with Crippen LogP contribution in [-0.2, 0) is 26.3 Å². The van der Waals surface area contributed by atoms with Crippen LogP contribution in [0.1, 0.15) is 48.4 Å². The molecule has 144 valence electrons. The number of aromatic nitrogens is 3. The van der Waals surface area contributed by atoms with Gasteiger partial charge >= 0.3 is 0 Å². The largest absolute Gasteiger partial charge is 0.357 e. The average molecular weight is 377 g/mol. The molecule has 1 unspecified atom stereocenters. The van der Waals surface area contributed by atoms with Crippen LogP contribution in [0.5, 0.6) is 0 Å². The lowest BCUT2D eigenvalue weighted by molar-refractivity contribution is 0.635. The van der Waals surface area contributed by atoms with Crippen LogP contribution in [0.4, 0.5) is 0 Å². The molecule has 0 aliphatic heterocycles. The Bertz CT molecular complexity index is 730. The highest BCUT2D eigenvalue weighted by Gasteiger charge is 2.14. The highest BCUT2D eigenvalue weighted by Crippen LogP contribution is 2.14. The van der Waals surface area contributed by atoms with Gasteiger partial charge in [-0.05, 0) is 46.1 Å². The Kier molecular flexibility index (Phi) is 7.63. The molecule has 2 N–H and O–H groups in total. The van der Waals surface area contributed by atoms with Gasteiger partial charge in [0.15, 0.2) is 5.96 Å². The van der Waals surface area contributed by atoms with E-state index >= 15 is 0 Å². The van der Waals surface area contributed by atoms with E-state index in [0.717, 1.165) is 49.7 Å². The van der Waals surface area contributed by atoms with Crippen LogP contribution < -0.4 is 10.6 Å². The molecule has 2 rings (SSSR count). The lowest BCUT2D eigenvalue weighted by atomic mass is 10.1. The zero-order valence-electron chi connectivity index (χ0n) is 16.9. The maximum Gasteiger partial charge on any atom is 0.191 e. The number of thiazole rings is 1. The minimum Gasteiger partial charge on any atom is -0.357 e. The normalized spacial score (nSPS) is 13.1. The van der Waals surface area contributed by atoms with Gasteiger partial charge in [0.05, 0.1) is 16.4 Å². The SMILES string of the molecule is CCNC(=NCCc1csc(CC)n1)NC(C)Cc1c(C)nn(C)c1C. The lowest BCUT2D eigenvalue weighted by Crippen LogP contribution is -2.43. The summed E-state index contributed by atoms with van der Waals surface area (Å²) >= 11 is 1.74. The molecule has 2 aromatic rings. The van der Waals surface area contributed by atoms with E-state index in [9.17, 15) is 0 Å². The summed E-state index contributed by atoms with van der Waals surface area (Å²) in [5, 5.41) is 14.7. The molecule has 26 heavy (non-hydrogen) atoms. The first kappa shape index (κ1) is 20.4. The topological polar surface area (TPSA) is 67.1 Å². The van der Waals surface area contributed by atoms with Gasteiger partial charge in [-0.2, -0.15) is 5.10 Å². The van der Waals surface area contributed by atoms with Crippen molar-refractivity contribution in [2.45, 2.75) is 59.9 Å². The Morgan fingerprint density at radius 2 is 2.12 bits per heavy atom. The highest BCUT2D eigenvalue weighted by atomic mass is 32.1. The summed E-state index contributed by atoms with van der Waals surface area (Å²) in [6, 6.07) is 0.278. The summed E-state index contributed by atoms with van der Waals surface area (Å²) in [7, 11) is 2.00. The van der Waals surface area contributed by atoms with Crippen molar-refractivity contribution in [1.82, 2.24) is 25.4 Å². The van der Waals surface area contributed by atoms with Gasteiger partial charge in [-0.15, -0.1) is 11.3 Å². The zero-order chi connectivity index (χ0) is 19.1. The predicted molar refractivity (Wildman–Crippen MR) is 110 cm³/mol. The Balaban J connectivity index is 1.93. The molecule has 2 aromatic heterocycles. The maximum absolute atomic E-state index is 4.71. The van der Waals surface area contributed by atoms with Gasteiger partial charge in [0.1, 0.15) is 0 Å². The molecule has 0 amide bonds. The smallest absolute Gasteiger partial charge is 0.191 e. The van der Waals surface area contributed by atoms with Crippen LogP contribution in [0.2, 0.25) is 0 Å². The van der Waals surface area contributed by atoms with E-state index in [2.05, 4.69) is 60.7 Å². The summed E-state index contributed by atoms with van der Waals surface area (Å²) in [5.41, 5.74) is 4.79. The third-order valence-corrected chi connectivity index (χ3v) is 5.48. The molecule has 1 atom stereocenters. The van der Waals surface area contributed by atoms with E-state index in [-0.39, 0.29) is 6.04 Å². The maximum atomic E-state index is 4.71. The summed E-state index contributed by atoms with van der Waals surface area (Å²) < 4.78 is 1.95. The number of hydrogen-bond donors (Lipinski definition) is 2. The second-order valence-corrected chi connectivity index (χ2v) is 7.56. The van der Waals surface area contributed by atoms with Crippen molar-refractivity contribution in [1.29, 1.82) is 0 Å². The van der Waals surface area contributed by atoms with Crippen LogP contribution >= 0.6 is 11.3 Å². The van der Waals surface area contributed by atoms with Gasteiger partial charge in [-0.3, -0.25) is 9.67 Å². The first-order valence-electron chi connectivity index (χ1n) is 9.41. The Labute approximate surface area is 161 Å². The molecule has 6 nitrogen and oxygen atoms in total. The van der Waals surface area contributed by atoms with Crippen LogP contribution in [0.25, 0.3) is 0 Å². The molecule has 0 fully saturated rings. The summed E-state index contributed by atoms with van der Waals surface area (Å²) in [5.74, 6) is 0.866. The van der Waals surface area contributed by atoms with Gasteiger partial charge in [-0.1, -0.05) is 6.92 Å². The molecule has 2 heterocycles. The molecule has 0 saturated heterocycles. The number of nitrogens with one attached hydrogen (secondary N) is 2. The predicted octanol–water partition coefficient (Wildman–Crippen LogP) is 2.78. The standard InChI is InChI=1S/C19H32N6S/c1-7-18-23-16(12-26-18)9-10-21-19(20-8-2)22-13(3)11-17-14(4)24-25(6)15(17)5/h12-13H,7-11H2,1-6H3,(H2,20,21,22). The monoisotopic (exact) mass is 376 g/mol. The number of nitrogens with zero attached hydrogens (tertiary/aromatic N) is 4. The van der Waals surface area contributed by atoms with Crippen molar-refractivity contribution >= 4 is 17.3 Å². The van der Waals surface area contributed by atoms with Crippen LogP contribution in [0.3, 0.4) is 0 Å². The highest BCUT2D eigenvalue weighted by molar-refractivity contribution is 7.09. The number of aliphatic imine (C=N–C) groups is 1. The Hall–Kier alpha value is -1.89. The van der Waals surface area contributed by atoms with Crippen molar-refractivity contribution in [3.63, 3.8) is 0 Å². The van der Waals surface area contributed by atoms with Crippen LogP contribution in [0, 0.1) is 13.8 Å². The number of guanidine groups is 1. The fourth-order valence-corrected chi connectivity index (χ4v) is 3.71. The first-order chi connectivity index (χ1) is 12.4. The molecule has 0 aliphatic rings. The van der Waals surface area contributed by atoms with Crippen LogP contribution in [0.15, 0.2) is 10.4 Å². The number of hydrogen-bond acceptors (Lipinski definition) is 4. The molecule has 0 radical (unpaired) electrons. The molecule has 0 bridgehead atoms. The fraction of sp³-hybridized carbons (Fsp3) is 0.632.